The number of benzene rings is 2. The number of amides is 1. The molecule has 1 amide bonds. The topological polar surface area (TPSA) is 42.0 Å². The molecule has 0 spiro atoms. The number of aromatic nitrogens is 1. The van der Waals surface area contributed by atoms with E-state index in [-0.39, 0.29) is 5.91 Å². The summed E-state index contributed by atoms with van der Waals surface area (Å²) in [4.78, 5) is 17.6. The Kier molecular flexibility index (Phi) is 5.00. The van der Waals surface area contributed by atoms with Crippen LogP contribution in [0.25, 0.3) is 16.3 Å². The number of anilines is 1. The number of carbonyl (C=O) groups excluding carboxylic acids is 1. The number of hydrogen-bond donors (Lipinski definition) is 1. The van der Waals surface area contributed by atoms with E-state index in [1.165, 1.54) is 22.3 Å². The lowest BCUT2D eigenvalue weighted by molar-refractivity contribution is -0.111. The molecule has 2 aromatic carbocycles. The molecule has 0 fully saturated rings. The highest BCUT2D eigenvalue weighted by atomic mass is 35.5. The predicted molar refractivity (Wildman–Crippen MR) is 101 cm³/mol. The van der Waals surface area contributed by atoms with Crippen LogP contribution in [0, 0.1) is 0 Å². The molecule has 1 heterocycles. The van der Waals surface area contributed by atoms with E-state index < -0.39 is 0 Å². The van der Waals surface area contributed by atoms with Crippen molar-refractivity contribution in [1.82, 2.24) is 4.98 Å². The van der Waals surface area contributed by atoms with Crippen molar-refractivity contribution in [2.24, 2.45) is 0 Å². The number of hydrogen-bond acceptors (Lipinski definition) is 4. The number of halogens is 1. The molecule has 1 N–H and O–H groups in total. The highest BCUT2D eigenvalue weighted by Crippen LogP contribution is 2.29. The third kappa shape index (κ3) is 3.93. The normalized spacial score (nSPS) is 11.2. The molecule has 0 saturated carbocycles. The summed E-state index contributed by atoms with van der Waals surface area (Å²) in [7, 11) is 0. The lowest BCUT2D eigenvalue weighted by Gasteiger charge is -1.97. The number of nitrogens with one attached hydrogen (secondary N) is 1. The monoisotopic (exact) mass is 360 g/mol. The Labute approximate surface area is 147 Å². The van der Waals surface area contributed by atoms with Crippen molar-refractivity contribution in [2.45, 2.75) is 4.90 Å². The van der Waals surface area contributed by atoms with Gasteiger partial charge >= 0.3 is 0 Å². The summed E-state index contributed by atoms with van der Waals surface area (Å²) in [5.41, 5.74) is 1.69. The minimum absolute atomic E-state index is 0.228. The van der Waals surface area contributed by atoms with Crippen molar-refractivity contribution in [3.8, 4) is 0 Å². The fraction of sp³-hybridized carbons (Fsp3) is 0.0588. The van der Waals surface area contributed by atoms with Gasteiger partial charge in [-0.1, -0.05) is 41.1 Å². The second-order valence-electron chi connectivity index (χ2n) is 4.70. The molecule has 0 saturated heterocycles. The molecule has 0 bridgehead atoms. The van der Waals surface area contributed by atoms with Crippen molar-refractivity contribution >= 4 is 62.0 Å². The maximum absolute atomic E-state index is 12.0. The van der Waals surface area contributed by atoms with E-state index in [0.29, 0.717) is 10.2 Å². The Morgan fingerprint density at radius 3 is 2.91 bits per heavy atom. The van der Waals surface area contributed by atoms with E-state index in [1.54, 1.807) is 23.9 Å². The summed E-state index contributed by atoms with van der Waals surface area (Å²) < 4.78 is 1.06. The molecule has 1 aromatic heterocycles. The number of fused-ring (bicyclic) bond motifs is 1. The van der Waals surface area contributed by atoms with Gasteiger partial charge in [0, 0.05) is 16.0 Å². The molecule has 3 aromatic rings. The van der Waals surface area contributed by atoms with Crippen LogP contribution in [-0.4, -0.2) is 17.1 Å². The van der Waals surface area contributed by atoms with Gasteiger partial charge in [-0.3, -0.25) is 10.1 Å². The lowest BCUT2D eigenvalue weighted by atomic mass is 10.2. The van der Waals surface area contributed by atoms with Crippen LogP contribution < -0.4 is 5.32 Å². The summed E-state index contributed by atoms with van der Waals surface area (Å²) in [5, 5.41) is 3.99. The van der Waals surface area contributed by atoms with Gasteiger partial charge in [0.25, 0.3) is 0 Å². The third-order valence-electron chi connectivity index (χ3n) is 3.15. The van der Waals surface area contributed by atoms with E-state index in [9.17, 15) is 4.79 Å². The summed E-state index contributed by atoms with van der Waals surface area (Å²) in [5.74, 6) is -0.228. The molecule has 0 atom stereocenters. The van der Waals surface area contributed by atoms with Gasteiger partial charge < -0.3 is 0 Å². The van der Waals surface area contributed by atoms with E-state index >= 15 is 0 Å². The first-order chi connectivity index (χ1) is 11.2. The highest BCUT2D eigenvalue weighted by Gasteiger charge is 2.06. The van der Waals surface area contributed by atoms with Crippen molar-refractivity contribution in [1.29, 1.82) is 0 Å². The van der Waals surface area contributed by atoms with E-state index in [4.69, 9.17) is 11.6 Å². The minimum Gasteiger partial charge on any atom is -0.298 e. The van der Waals surface area contributed by atoms with Gasteiger partial charge in [0.05, 0.1) is 10.2 Å². The zero-order valence-corrected chi connectivity index (χ0v) is 14.6. The average Bonchev–Trinajstić information content (AvgIpc) is 2.95. The van der Waals surface area contributed by atoms with Crippen molar-refractivity contribution in [2.75, 3.05) is 11.6 Å². The van der Waals surface area contributed by atoms with Gasteiger partial charge in [-0.05, 0) is 42.2 Å². The van der Waals surface area contributed by atoms with Crippen LogP contribution in [0.3, 0.4) is 0 Å². The van der Waals surface area contributed by atoms with Gasteiger partial charge in [-0.15, -0.1) is 11.8 Å². The standard InChI is InChI=1S/C17H13ClN2OS2/c1-22-12-7-8-14-15(10-12)23-17(19-14)20-16(21)9-6-11-4-2-3-5-13(11)18/h2-10H,1H3,(H,19,20,21)/b9-6+. The molecule has 0 unspecified atom stereocenters. The number of nitrogens with zero attached hydrogens (tertiary/aromatic N) is 1. The second-order valence-corrected chi connectivity index (χ2v) is 7.01. The SMILES string of the molecule is CSc1ccc2nc(NC(=O)/C=C/c3ccccc3Cl)sc2c1. The molecule has 6 heteroatoms. The molecule has 3 nitrogen and oxygen atoms in total. The molecule has 3 rings (SSSR count). The molecular weight excluding hydrogens is 348 g/mol. The first-order valence-electron chi connectivity index (χ1n) is 6.84. The molecular formula is C17H13ClN2OS2. The molecule has 116 valence electrons. The number of rotatable bonds is 4. The molecule has 0 aliphatic carbocycles. The third-order valence-corrected chi connectivity index (χ3v) is 5.15. The second kappa shape index (κ2) is 7.17. The Balaban J connectivity index is 1.74. The Morgan fingerprint density at radius 1 is 1.30 bits per heavy atom. The Morgan fingerprint density at radius 2 is 2.13 bits per heavy atom. The summed E-state index contributed by atoms with van der Waals surface area (Å²) in [6.45, 7) is 0. The first-order valence-corrected chi connectivity index (χ1v) is 9.26. The van der Waals surface area contributed by atoms with Crippen LogP contribution in [0.15, 0.2) is 53.4 Å². The molecule has 23 heavy (non-hydrogen) atoms. The lowest BCUT2D eigenvalue weighted by Crippen LogP contribution is -2.07. The van der Waals surface area contributed by atoms with Gasteiger partial charge in [0.1, 0.15) is 0 Å². The largest absolute Gasteiger partial charge is 0.298 e. The Hall–Kier alpha value is -1.82. The maximum atomic E-state index is 12.0. The fourth-order valence-corrected chi connectivity index (χ4v) is 3.63. The van der Waals surface area contributed by atoms with Crippen LogP contribution in [0.1, 0.15) is 5.56 Å². The molecule has 0 radical (unpaired) electrons. The minimum atomic E-state index is -0.228. The van der Waals surface area contributed by atoms with Gasteiger partial charge in [-0.25, -0.2) is 4.98 Å². The summed E-state index contributed by atoms with van der Waals surface area (Å²) >= 11 is 9.20. The average molecular weight is 361 g/mol. The summed E-state index contributed by atoms with van der Waals surface area (Å²) in [6, 6.07) is 13.4. The van der Waals surface area contributed by atoms with Gasteiger partial charge in [0.2, 0.25) is 5.91 Å². The van der Waals surface area contributed by atoms with E-state index in [0.717, 1.165) is 15.8 Å². The Bertz CT molecular complexity index is 889. The van der Waals surface area contributed by atoms with Crippen LogP contribution in [0.2, 0.25) is 5.02 Å². The number of carbonyl (C=O) groups is 1. The predicted octanol–water partition coefficient (Wildman–Crippen LogP) is 5.32. The fourth-order valence-electron chi connectivity index (χ4n) is 2.01. The van der Waals surface area contributed by atoms with Crippen LogP contribution >= 0.6 is 34.7 Å². The van der Waals surface area contributed by atoms with Crippen molar-refractivity contribution < 1.29 is 4.79 Å². The first kappa shape index (κ1) is 16.1. The van der Waals surface area contributed by atoms with E-state index in [2.05, 4.69) is 16.4 Å². The zero-order valence-electron chi connectivity index (χ0n) is 12.2. The number of thioether (sulfide) groups is 1. The number of thiazole rings is 1. The van der Waals surface area contributed by atoms with Gasteiger partial charge in [0.15, 0.2) is 5.13 Å². The van der Waals surface area contributed by atoms with Crippen molar-refractivity contribution in [3.05, 3.63) is 59.1 Å². The summed E-state index contributed by atoms with van der Waals surface area (Å²) in [6.07, 6.45) is 5.18. The maximum Gasteiger partial charge on any atom is 0.250 e. The highest BCUT2D eigenvalue weighted by molar-refractivity contribution is 7.98. The zero-order chi connectivity index (χ0) is 16.2. The molecule has 0 aliphatic rings. The van der Waals surface area contributed by atoms with Crippen molar-refractivity contribution in [3.63, 3.8) is 0 Å². The molecule has 0 aliphatic heterocycles. The van der Waals surface area contributed by atoms with Crippen LogP contribution in [0.4, 0.5) is 5.13 Å². The van der Waals surface area contributed by atoms with E-state index in [1.807, 2.05) is 36.6 Å². The van der Waals surface area contributed by atoms with Crippen LogP contribution in [0.5, 0.6) is 0 Å². The smallest absolute Gasteiger partial charge is 0.250 e. The quantitative estimate of drug-likeness (QED) is 0.505. The van der Waals surface area contributed by atoms with Gasteiger partial charge in [-0.2, -0.15) is 0 Å². The van der Waals surface area contributed by atoms with Crippen LogP contribution in [-0.2, 0) is 4.79 Å².